The maximum atomic E-state index is 10.5. The summed E-state index contributed by atoms with van der Waals surface area (Å²) < 4.78 is 32.1. The topological polar surface area (TPSA) is 197 Å². The monoisotopic (exact) mass is 442 g/mol. The highest BCUT2D eigenvalue weighted by atomic mass is 16.8. The molecule has 0 aliphatic carbocycles. The van der Waals surface area contributed by atoms with Crippen molar-refractivity contribution in [2.75, 3.05) is 20.3 Å². The SMILES string of the molecule is CO[C@@H]1OC[C@H](O)[C@@H](O)[C@@H]1O[C@@H]1O[C@H](C)[C@H](O[C@@H]2OC[C@@H](O)[C@@H](O)[C@@H]2O)[C@H](O)[C@H]1O. The summed E-state index contributed by atoms with van der Waals surface area (Å²) in [5, 5.41) is 70.2. The van der Waals surface area contributed by atoms with Crippen molar-refractivity contribution in [3.8, 4) is 0 Å². The molecule has 0 bridgehead atoms. The van der Waals surface area contributed by atoms with E-state index in [4.69, 9.17) is 28.4 Å². The van der Waals surface area contributed by atoms with E-state index in [1.165, 1.54) is 14.0 Å². The molecule has 3 heterocycles. The second-order valence-corrected chi connectivity index (χ2v) is 7.64. The summed E-state index contributed by atoms with van der Waals surface area (Å²) in [4.78, 5) is 0. The largest absolute Gasteiger partial charge is 0.388 e. The second kappa shape index (κ2) is 9.95. The molecule has 3 fully saturated rings. The number of rotatable bonds is 5. The molecule has 0 radical (unpaired) electrons. The third kappa shape index (κ3) is 4.78. The summed E-state index contributed by atoms with van der Waals surface area (Å²) in [7, 11) is 1.31. The third-order valence-electron chi connectivity index (χ3n) is 5.48. The van der Waals surface area contributed by atoms with E-state index < -0.39 is 79.9 Å². The van der Waals surface area contributed by atoms with Crippen LogP contribution in [-0.2, 0) is 28.4 Å². The van der Waals surface area contributed by atoms with Crippen molar-refractivity contribution < 1.29 is 64.2 Å². The Hall–Kier alpha value is -0.520. The third-order valence-corrected chi connectivity index (χ3v) is 5.48. The van der Waals surface area contributed by atoms with Crippen molar-refractivity contribution in [2.24, 2.45) is 0 Å². The lowest BCUT2D eigenvalue weighted by Crippen LogP contribution is -2.64. The Labute approximate surface area is 172 Å². The fourth-order valence-electron chi connectivity index (χ4n) is 3.63. The molecular formula is C17H30O13. The quantitative estimate of drug-likeness (QED) is 0.215. The maximum absolute atomic E-state index is 10.5. The van der Waals surface area contributed by atoms with Crippen LogP contribution in [0.5, 0.6) is 0 Å². The smallest absolute Gasteiger partial charge is 0.187 e. The highest BCUT2D eigenvalue weighted by molar-refractivity contribution is 4.93. The first-order valence-electron chi connectivity index (χ1n) is 9.64. The molecule has 30 heavy (non-hydrogen) atoms. The number of methoxy groups -OCH3 is 1. The first kappa shape index (κ1) is 24.1. The van der Waals surface area contributed by atoms with Crippen LogP contribution < -0.4 is 0 Å². The molecule has 13 nitrogen and oxygen atoms in total. The van der Waals surface area contributed by atoms with Crippen LogP contribution >= 0.6 is 0 Å². The molecule has 0 unspecified atom stereocenters. The van der Waals surface area contributed by atoms with E-state index in [0.717, 1.165) is 0 Å². The van der Waals surface area contributed by atoms with Crippen LogP contribution in [0.1, 0.15) is 6.92 Å². The number of aliphatic hydroxyl groups excluding tert-OH is 7. The molecule has 0 spiro atoms. The van der Waals surface area contributed by atoms with Crippen molar-refractivity contribution in [2.45, 2.75) is 86.8 Å². The van der Waals surface area contributed by atoms with Crippen LogP contribution in [0.2, 0.25) is 0 Å². The Morgan fingerprint density at radius 1 is 0.633 bits per heavy atom. The van der Waals surface area contributed by atoms with E-state index in [0.29, 0.717) is 0 Å². The van der Waals surface area contributed by atoms with Gasteiger partial charge in [0.1, 0.15) is 54.9 Å². The standard InChI is InChI=1S/C17H30O13/c1-5-13(29-15-11(23)8(20)6(18)3-26-15)10(22)12(24)16(28-5)30-14-9(21)7(19)4-27-17(14)25-2/h5-24H,3-4H2,1-2H3/t5-,6-,7+,8-,9-,10-,11+,12-,13+,14+,15+,16+,17-/m1/s1. The highest BCUT2D eigenvalue weighted by Crippen LogP contribution is 2.30. The van der Waals surface area contributed by atoms with Gasteiger partial charge in [0.2, 0.25) is 0 Å². The van der Waals surface area contributed by atoms with Gasteiger partial charge in [-0.2, -0.15) is 0 Å². The molecular weight excluding hydrogens is 412 g/mol. The fraction of sp³-hybridized carbons (Fsp3) is 1.00. The number of ether oxygens (including phenoxy) is 6. The molecule has 0 aromatic heterocycles. The second-order valence-electron chi connectivity index (χ2n) is 7.64. The number of aliphatic hydroxyl groups is 7. The van der Waals surface area contributed by atoms with Gasteiger partial charge in [0.15, 0.2) is 18.9 Å². The van der Waals surface area contributed by atoms with Gasteiger partial charge in [0, 0.05) is 7.11 Å². The lowest BCUT2D eigenvalue weighted by molar-refractivity contribution is -0.369. The van der Waals surface area contributed by atoms with Gasteiger partial charge in [0.25, 0.3) is 0 Å². The van der Waals surface area contributed by atoms with Crippen LogP contribution in [0.15, 0.2) is 0 Å². The zero-order chi connectivity index (χ0) is 22.2. The van der Waals surface area contributed by atoms with Crippen molar-refractivity contribution in [1.29, 1.82) is 0 Å². The van der Waals surface area contributed by atoms with Crippen molar-refractivity contribution in [1.82, 2.24) is 0 Å². The molecule has 0 amide bonds. The predicted octanol–water partition coefficient (Wildman–Crippen LogP) is -4.61. The Balaban J connectivity index is 1.64. The molecule has 7 N–H and O–H groups in total. The van der Waals surface area contributed by atoms with E-state index in [9.17, 15) is 35.7 Å². The molecule has 3 rings (SSSR count). The van der Waals surface area contributed by atoms with Gasteiger partial charge in [-0.15, -0.1) is 0 Å². The summed E-state index contributed by atoms with van der Waals surface area (Å²) in [6.07, 6.45) is -17.4. The zero-order valence-electron chi connectivity index (χ0n) is 16.5. The van der Waals surface area contributed by atoms with Gasteiger partial charge < -0.3 is 64.2 Å². The van der Waals surface area contributed by atoms with Crippen LogP contribution in [0.4, 0.5) is 0 Å². The molecule has 13 atom stereocenters. The van der Waals surface area contributed by atoms with Crippen molar-refractivity contribution in [3.63, 3.8) is 0 Å². The van der Waals surface area contributed by atoms with E-state index in [1.54, 1.807) is 0 Å². The number of hydrogen-bond donors (Lipinski definition) is 7. The highest BCUT2D eigenvalue weighted by Gasteiger charge is 2.50. The van der Waals surface area contributed by atoms with Crippen LogP contribution in [-0.4, -0.2) is 136 Å². The molecule has 3 aliphatic rings. The normalized spacial score (nSPS) is 52.9. The van der Waals surface area contributed by atoms with Gasteiger partial charge in [-0.05, 0) is 6.92 Å². The van der Waals surface area contributed by atoms with Gasteiger partial charge >= 0.3 is 0 Å². The van der Waals surface area contributed by atoms with E-state index >= 15 is 0 Å². The molecule has 13 heteroatoms. The van der Waals surface area contributed by atoms with Crippen molar-refractivity contribution in [3.05, 3.63) is 0 Å². The Kier molecular flexibility index (Phi) is 8.01. The Morgan fingerprint density at radius 3 is 1.80 bits per heavy atom. The maximum Gasteiger partial charge on any atom is 0.187 e. The summed E-state index contributed by atoms with van der Waals surface area (Å²) >= 11 is 0. The van der Waals surface area contributed by atoms with E-state index in [2.05, 4.69) is 0 Å². The van der Waals surface area contributed by atoms with E-state index in [1.807, 2.05) is 0 Å². The average molecular weight is 442 g/mol. The lowest BCUT2D eigenvalue weighted by atomic mass is 9.98. The summed E-state index contributed by atoms with van der Waals surface area (Å²) in [5.74, 6) is 0. The average Bonchev–Trinajstić information content (AvgIpc) is 2.72. The summed E-state index contributed by atoms with van der Waals surface area (Å²) in [6, 6.07) is 0. The van der Waals surface area contributed by atoms with Crippen LogP contribution in [0, 0.1) is 0 Å². The van der Waals surface area contributed by atoms with Gasteiger partial charge in [-0.3, -0.25) is 0 Å². The summed E-state index contributed by atoms with van der Waals surface area (Å²) in [6.45, 7) is 1.04. The van der Waals surface area contributed by atoms with Gasteiger partial charge in [0.05, 0.1) is 19.3 Å². The minimum absolute atomic E-state index is 0.174. The predicted molar refractivity (Wildman–Crippen MR) is 92.6 cm³/mol. The first-order valence-corrected chi connectivity index (χ1v) is 9.64. The summed E-state index contributed by atoms with van der Waals surface area (Å²) in [5.41, 5.74) is 0. The Morgan fingerprint density at radius 2 is 1.17 bits per heavy atom. The fourth-order valence-corrected chi connectivity index (χ4v) is 3.63. The lowest BCUT2D eigenvalue weighted by Gasteiger charge is -2.46. The minimum atomic E-state index is -1.65. The molecule has 3 aliphatic heterocycles. The minimum Gasteiger partial charge on any atom is -0.388 e. The molecule has 0 saturated carbocycles. The van der Waals surface area contributed by atoms with Gasteiger partial charge in [-0.25, -0.2) is 0 Å². The van der Waals surface area contributed by atoms with E-state index in [-0.39, 0.29) is 13.2 Å². The zero-order valence-corrected chi connectivity index (χ0v) is 16.5. The molecule has 176 valence electrons. The molecule has 0 aromatic carbocycles. The Bertz CT molecular complexity index is 550. The van der Waals surface area contributed by atoms with Gasteiger partial charge in [-0.1, -0.05) is 0 Å². The van der Waals surface area contributed by atoms with Crippen LogP contribution in [0.25, 0.3) is 0 Å². The number of hydrogen-bond acceptors (Lipinski definition) is 13. The first-order chi connectivity index (χ1) is 14.1. The molecule has 0 aromatic rings. The van der Waals surface area contributed by atoms with Crippen molar-refractivity contribution >= 4 is 0 Å². The van der Waals surface area contributed by atoms with Crippen LogP contribution in [0.3, 0.4) is 0 Å². The molecule has 3 saturated heterocycles.